The molecular weight excluding hydrogens is 384 g/mol. The van der Waals surface area contributed by atoms with Crippen LogP contribution < -0.4 is 5.32 Å². The quantitative estimate of drug-likeness (QED) is 0.623. The van der Waals surface area contributed by atoms with Crippen LogP contribution in [0.15, 0.2) is 43.1 Å². The molecule has 1 aliphatic rings. The number of nitrogens with one attached hydrogen (secondary N) is 1. The molecule has 8 nitrogen and oxygen atoms in total. The monoisotopic (exact) mass is 410 g/mol. The molecule has 29 heavy (non-hydrogen) atoms. The maximum Gasteiger partial charge on any atom is 0.170 e. The van der Waals surface area contributed by atoms with E-state index in [2.05, 4.69) is 75.0 Å². The van der Waals surface area contributed by atoms with E-state index < -0.39 is 0 Å². The van der Waals surface area contributed by atoms with E-state index in [9.17, 15) is 0 Å². The Morgan fingerprint density at radius 3 is 2.59 bits per heavy atom. The summed E-state index contributed by atoms with van der Waals surface area (Å²) >= 11 is 5.75. The minimum atomic E-state index is -0.0132. The number of aryl methyl sites for hydroxylation is 1. The van der Waals surface area contributed by atoms with Gasteiger partial charge in [0.25, 0.3) is 0 Å². The van der Waals surface area contributed by atoms with Gasteiger partial charge in [0.2, 0.25) is 0 Å². The van der Waals surface area contributed by atoms with Crippen molar-refractivity contribution in [1.29, 1.82) is 0 Å². The number of nitrogens with zero attached hydrogens (tertiary/aromatic N) is 7. The fourth-order valence-corrected chi connectivity index (χ4v) is 4.36. The SMILES string of the molecule is Cc1cc([C@H]2[C@H](c3ccccn3)NC(=S)N2CCN(C)C)c(C)n1-n1cnnc1. The molecule has 4 heterocycles. The third-order valence-electron chi connectivity index (χ3n) is 5.38. The van der Waals surface area contributed by atoms with Crippen molar-refractivity contribution < 1.29 is 0 Å². The van der Waals surface area contributed by atoms with Crippen LogP contribution in [0.2, 0.25) is 0 Å². The van der Waals surface area contributed by atoms with E-state index in [4.69, 9.17) is 12.2 Å². The predicted molar refractivity (Wildman–Crippen MR) is 115 cm³/mol. The molecular formula is C20H26N8S. The fourth-order valence-electron chi connectivity index (χ4n) is 4.02. The summed E-state index contributed by atoms with van der Waals surface area (Å²) in [6.07, 6.45) is 5.25. The first kappa shape index (κ1) is 19.5. The number of likely N-dealkylation sites (N-methyl/N-ethyl adjacent to an activating group) is 1. The molecule has 0 radical (unpaired) electrons. The van der Waals surface area contributed by atoms with Gasteiger partial charge in [-0.25, -0.2) is 4.68 Å². The zero-order valence-corrected chi connectivity index (χ0v) is 18.0. The van der Waals surface area contributed by atoms with E-state index >= 15 is 0 Å². The first-order valence-electron chi connectivity index (χ1n) is 9.64. The Morgan fingerprint density at radius 1 is 1.17 bits per heavy atom. The number of thiocarbonyl (C=S) groups is 1. The summed E-state index contributed by atoms with van der Waals surface area (Å²) < 4.78 is 4.02. The van der Waals surface area contributed by atoms with Gasteiger partial charge in [0.15, 0.2) is 5.11 Å². The molecule has 0 spiro atoms. The summed E-state index contributed by atoms with van der Waals surface area (Å²) in [5.41, 5.74) is 4.45. The third-order valence-corrected chi connectivity index (χ3v) is 5.73. The highest BCUT2D eigenvalue weighted by Gasteiger charge is 2.41. The molecule has 1 N–H and O–H groups in total. The Morgan fingerprint density at radius 2 is 1.93 bits per heavy atom. The Labute approximate surface area is 176 Å². The minimum Gasteiger partial charge on any atom is -0.352 e. The van der Waals surface area contributed by atoms with E-state index in [1.165, 1.54) is 5.56 Å². The van der Waals surface area contributed by atoms with E-state index in [0.717, 1.165) is 35.3 Å². The molecule has 1 aliphatic heterocycles. The molecule has 0 amide bonds. The van der Waals surface area contributed by atoms with Crippen molar-refractivity contribution >= 4 is 17.3 Å². The smallest absolute Gasteiger partial charge is 0.170 e. The Balaban J connectivity index is 1.79. The number of pyridine rings is 1. The molecule has 0 unspecified atom stereocenters. The van der Waals surface area contributed by atoms with Crippen LogP contribution in [-0.2, 0) is 0 Å². The maximum atomic E-state index is 5.75. The first-order valence-corrected chi connectivity index (χ1v) is 10.0. The van der Waals surface area contributed by atoms with Crippen molar-refractivity contribution in [3.05, 3.63) is 65.8 Å². The zero-order chi connectivity index (χ0) is 20.5. The second-order valence-electron chi connectivity index (χ2n) is 7.60. The summed E-state index contributed by atoms with van der Waals surface area (Å²) in [5.74, 6) is 0. The van der Waals surface area contributed by atoms with E-state index in [-0.39, 0.29) is 12.1 Å². The topological polar surface area (TPSA) is 67.0 Å². The molecule has 152 valence electrons. The molecule has 0 bridgehead atoms. The Bertz CT molecular complexity index is 980. The van der Waals surface area contributed by atoms with Crippen LogP contribution in [-0.4, -0.2) is 66.6 Å². The van der Waals surface area contributed by atoms with E-state index in [1.54, 1.807) is 12.7 Å². The van der Waals surface area contributed by atoms with Crippen LogP contribution in [0, 0.1) is 13.8 Å². The summed E-state index contributed by atoms with van der Waals surface area (Å²) in [7, 11) is 4.16. The highest BCUT2D eigenvalue weighted by molar-refractivity contribution is 7.80. The van der Waals surface area contributed by atoms with Crippen molar-refractivity contribution in [2.45, 2.75) is 25.9 Å². The van der Waals surface area contributed by atoms with Crippen molar-refractivity contribution in [3.63, 3.8) is 0 Å². The number of hydrogen-bond donors (Lipinski definition) is 1. The van der Waals surface area contributed by atoms with Crippen molar-refractivity contribution in [3.8, 4) is 0 Å². The maximum absolute atomic E-state index is 5.75. The van der Waals surface area contributed by atoms with Gasteiger partial charge in [0.1, 0.15) is 12.7 Å². The molecule has 0 aliphatic carbocycles. The van der Waals surface area contributed by atoms with Crippen LogP contribution in [0.3, 0.4) is 0 Å². The van der Waals surface area contributed by atoms with Crippen LogP contribution in [0.5, 0.6) is 0 Å². The molecule has 1 saturated heterocycles. The van der Waals surface area contributed by atoms with Gasteiger partial charge in [-0.1, -0.05) is 6.07 Å². The molecule has 0 aromatic carbocycles. The molecule has 0 saturated carbocycles. The highest BCUT2D eigenvalue weighted by atomic mass is 32.1. The lowest BCUT2D eigenvalue weighted by atomic mass is 9.97. The lowest BCUT2D eigenvalue weighted by Crippen LogP contribution is -2.35. The lowest BCUT2D eigenvalue weighted by molar-refractivity contribution is 0.277. The average molecular weight is 411 g/mol. The van der Waals surface area contributed by atoms with Gasteiger partial charge < -0.3 is 15.1 Å². The first-order chi connectivity index (χ1) is 14.0. The van der Waals surface area contributed by atoms with Crippen molar-refractivity contribution in [2.75, 3.05) is 27.2 Å². The van der Waals surface area contributed by atoms with E-state index in [1.807, 2.05) is 23.0 Å². The summed E-state index contributed by atoms with van der Waals surface area (Å²) in [6, 6.07) is 8.28. The second-order valence-corrected chi connectivity index (χ2v) is 7.99. The normalized spacial score (nSPS) is 19.2. The van der Waals surface area contributed by atoms with Gasteiger partial charge >= 0.3 is 0 Å². The number of rotatable bonds is 6. The molecule has 1 fully saturated rings. The predicted octanol–water partition coefficient (Wildman–Crippen LogP) is 1.94. The third kappa shape index (κ3) is 3.63. The summed E-state index contributed by atoms with van der Waals surface area (Å²) in [6.45, 7) is 5.97. The van der Waals surface area contributed by atoms with E-state index in [0.29, 0.717) is 0 Å². The van der Waals surface area contributed by atoms with Crippen LogP contribution in [0.4, 0.5) is 0 Å². The van der Waals surface area contributed by atoms with Gasteiger partial charge in [-0.2, -0.15) is 0 Å². The number of aromatic nitrogens is 5. The van der Waals surface area contributed by atoms with Gasteiger partial charge in [-0.05, 0) is 58.4 Å². The van der Waals surface area contributed by atoms with Crippen LogP contribution in [0.1, 0.15) is 34.7 Å². The Hall–Kier alpha value is -2.78. The number of hydrogen-bond acceptors (Lipinski definition) is 5. The average Bonchev–Trinajstić information content (AvgIpc) is 3.39. The zero-order valence-electron chi connectivity index (χ0n) is 17.1. The fraction of sp³-hybridized carbons (Fsp3) is 0.400. The molecule has 3 aromatic heterocycles. The van der Waals surface area contributed by atoms with Crippen LogP contribution >= 0.6 is 12.2 Å². The van der Waals surface area contributed by atoms with Crippen LogP contribution in [0.25, 0.3) is 0 Å². The van der Waals surface area contributed by atoms with Crippen molar-refractivity contribution in [1.82, 2.24) is 39.7 Å². The molecule has 3 aromatic rings. The van der Waals surface area contributed by atoms with Gasteiger partial charge in [0.05, 0.1) is 17.8 Å². The largest absolute Gasteiger partial charge is 0.352 e. The van der Waals surface area contributed by atoms with Crippen molar-refractivity contribution in [2.24, 2.45) is 0 Å². The highest BCUT2D eigenvalue weighted by Crippen LogP contribution is 2.40. The minimum absolute atomic E-state index is 0.0132. The molecule has 4 rings (SSSR count). The van der Waals surface area contributed by atoms with Gasteiger partial charge in [0, 0.05) is 36.2 Å². The molecule has 9 heteroatoms. The van der Waals surface area contributed by atoms with Gasteiger partial charge in [-0.3, -0.25) is 9.66 Å². The molecule has 2 atom stereocenters. The lowest BCUT2D eigenvalue weighted by Gasteiger charge is -2.29. The summed E-state index contributed by atoms with van der Waals surface area (Å²) in [4.78, 5) is 9.08. The second kappa shape index (κ2) is 7.92. The Kier molecular flexibility index (Phi) is 5.33. The summed E-state index contributed by atoms with van der Waals surface area (Å²) in [5, 5.41) is 12.2. The standard InChI is InChI=1S/C20H26N8S/c1-14-11-16(15(2)28(14)26-12-22-23-13-26)19-18(17-7-5-6-8-21-17)24-20(29)27(19)10-9-25(3)4/h5-8,11-13,18-19H,9-10H2,1-4H3,(H,24,29)/t18-,19-/m0/s1. The van der Waals surface area contributed by atoms with Gasteiger partial charge in [-0.15, -0.1) is 10.2 Å².